The second kappa shape index (κ2) is 6.52. The molecular weight excluding hydrogens is 202 g/mol. The highest BCUT2D eigenvalue weighted by Crippen LogP contribution is 2.09. The number of nitrogens with one attached hydrogen (secondary N) is 1. The van der Waals surface area contributed by atoms with E-state index in [0.29, 0.717) is 6.42 Å². The monoisotopic (exact) mass is 217 g/mol. The van der Waals surface area contributed by atoms with Crippen molar-refractivity contribution in [3.05, 3.63) is 29.8 Å². The average Bonchev–Trinajstić information content (AvgIpc) is 2.28. The number of carbonyl (C=O) groups is 1. The topological polar surface area (TPSA) is 49.3 Å². The maximum atomic E-state index is 10.3. The summed E-state index contributed by atoms with van der Waals surface area (Å²) in [5.74, 6) is 1.82. The Morgan fingerprint density at radius 1 is 1.44 bits per heavy atom. The third-order valence-corrected chi connectivity index (χ3v) is 2.18. The van der Waals surface area contributed by atoms with Crippen LogP contribution in [-0.4, -0.2) is 17.6 Å². The third-order valence-electron chi connectivity index (χ3n) is 2.18. The standard InChI is InChI=1S/C13H15NO2/c1-2-11-6-5-7-12(10-11)14-9-4-3-8-13(15)16/h1,5-7,10,14H,3-4,8-9H2,(H,15,16). The number of rotatable bonds is 6. The van der Waals surface area contributed by atoms with Crippen LogP contribution in [0.15, 0.2) is 24.3 Å². The highest BCUT2D eigenvalue weighted by molar-refractivity contribution is 5.66. The smallest absolute Gasteiger partial charge is 0.303 e. The van der Waals surface area contributed by atoms with E-state index in [0.717, 1.165) is 24.2 Å². The molecule has 0 unspecified atom stereocenters. The van der Waals surface area contributed by atoms with Crippen molar-refractivity contribution in [3.63, 3.8) is 0 Å². The van der Waals surface area contributed by atoms with Gasteiger partial charge in [0.05, 0.1) is 0 Å². The Morgan fingerprint density at radius 3 is 2.94 bits per heavy atom. The number of hydrogen-bond acceptors (Lipinski definition) is 2. The van der Waals surface area contributed by atoms with Crippen LogP contribution < -0.4 is 5.32 Å². The molecule has 3 heteroatoms. The van der Waals surface area contributed by atoms with Crippen LogP contribution in [0.2, 0.25) is 0 Å². The normalized spacial score (nSPS) is 9.44. The lowest BCUT2D eigenvalue weighted by Crippen LogP contribution is -2.03. The molecule has 0 saturated carbocycles. The van der Waals surface area contributed by atoms with E-state index in [4.69, 9.17) is 11.5 Å². The summed E-state index contributed by atoms with van der Waals surface area (Å²) in [5, 5.41) is 11.7. The first kappa shape index (κ1) is 12.1. The van der Waals surface area contributed by atoms with Crippen molar-refractivity contribution in [1.82, 2.24) is 0 Å². The lowest BCUT2D eigenvalue weighted by Gasteiger charge is -2.05. The summed E-state index contributed by atoms with van der Waals surface area (Å²) in [7, 11) is 0. The number of hydrogen-bond donors (Lipinski definition) is 2. The Labute approximate surface area is 95.5 Å². The Bertz CT molecular complexity index is 393. The van der Waals surface area contributed by atoms with Crippen LogP contribution in [-0.2, 0) is 4.79 Å². The number of carboxylic acid groups (broad SMARTS) is 1. The van der Waals surface area contributed by atoms with Crippen LogP contribution >= 0.6 is 0 Å². The largest absolute Gasteiger partial charge is 0.481 e. The molecule has 0 amide bonds. The first-order valence-corrected chi connectivity index (χ1v) is 5.24. The predicted octanol–water partition coefficient (Wildman–Crippen LogP) is 2.33. The van der Waals surface area contributed by atoms with E-state index < -0.39 is 5.97 Å². The van der Waals surface area contributed by atoms with E-state index in [-0.39, 0.29) is 6.42 Å². The number of aliphatic carboxylic acids is 1. The zero-order chi connectivity index (χ0) is 11.8. The molecule has 16 heavy (non-hydrogen) atoms. The molecule has 0 bridgehead atoms. The molecule has 0 radical (unpaired) electrons. The molecule has 0 aliphatic heterocycles. The van der Waals surface area contributed by atoms with Crippen molar-refractivity contribution in [2.45, 2.75) is 19.3 Å². The summed E-state index contributed by atoms with van der Waals surface area (Å²) in [5.41, 5.74) is 1.82. The summed E-state index contributed by atoms with van der Waals surface area (Å²) in [6.07, 6.45) is 7.05. The van der Waals surface area contributed by atoms with Gasteiger partial charge in [-0.15, -0.1) is 6.42 Å². The van der Waals surface area contributed by atoms with Crippen LogP contribution in [0.25, 0.3) is 0 Å². The molecule has 1 aromatic carbocycles. The molecule has 0 saturated heterocycles. The average molecular weight is 217 g/mol. The molecular formula is C13H15NO2. The summed E-state index contributed by atoms with van der Waals surface area (Å²) >= 11 is 0. The predicted molar refractivity (Wildman–Crippen MR) is 64.4 cm³/mol. The van der Waals surface area contributed by atoms with Gasteiger partial charge in [-0.25, -0.2) is 0 Å². The third kappa shape index (κ3) is 4.52. The molecule has 2 N–H and O–H groups in total. The van der Waals surface area contributed by atoms with E-state index >= 15 is 0 Å². The van der Waals surface area contributed by atoms with Crippen LogP contribution in [0, 0.1) is 12.3 Å². The van der Waals surface area contributed by atoms with E-state index in [1.54, 1.807) is 0 Å². The second-order valence-electron chi connectivity index (χ2n) is 3.50. The fourth-order valence-corrected chi connectivity index (χ4v) is 1.35. The Balaban J connectivity index is 2.27. The molecule has 1 aromatic rings. The zero-order valence-electron chi connectivity index (χ0n) is 9.07. The Kier molecular flexibility index (Phi) is 4.94. The van der Waals surface area contributed by atoms with Gasteiger partial charge in [0.1, 0.15) is 0 Å². The number of benzene rings is 1. The van der Waals surface area contributed by atoms with Gasteiger partial charge in [-0.3, -0.25) is 4.79 Å². The number of anilines is 1. The van der Waals surface area contributed by atoms with Gasteiger partial charge in [0, 0.05) is 24.2 Å². The van der Waals surface area contributed by atoms with E-state index in [9.17, 15) is 4.79 Å². The van der Waals surface area contributed by atoms with Gasteiger partial charge < -0.3 is 10.4 Å². The van der Waals surface area contributed by atoms with Gasteiger partial charge in [-0.2, -0.15) is 0 Å². The summed E-state index contributed by atoms with van der Waals surface area (Å²) in [6, 6.07) is 7.61. The van der Waals surface area contributed by atoms with E-state index in [2.05, 4.69) is 11.2 Å². The molecule has 0 atom stereocenters. The minimum Gasteiger partial charge on any atom is -0.481 e. The molecule has 0 heterocycles. The lowest BCUT2D eigenvalue weighted by molar-refractivity contribution is -0.137. The maximum Gasteiger partial charge on any atom is 0.303 e. The zero-order valence-corrected chi connectivity index (χ0v) is 9.07. The number of unbranched alkanes of at least 4 members (excludes halogenated alkanes) is 1. The summed E-state index contributed by atoms with van der Waals surface area (Å²) in [4.78, 5) is 10.3. The quantitative estimate of drug-likeness (QED) is 0.568. The first-order chi connectivity index (χ1) is 7.72. The Hall–Kier alpha value is -1.95. The molecule has 0 aromatic heterocycles. The van der Waals surface area contributed by atoms with E-state index in [1.807, 2.05) is 24.3 Å². The van der Waals surface area contributed by atoms with Crippen LogP contribution in [0.4, 0.5) is 5.69 Å². The van der Waals surface area contributed by atoms with E-state index in [1.165, 1.54) is 0 Å². The van der Waals surface area contributed by atoms with Crippen molar-refractivity contribution in [2.24, 2.45) is 0 Å². The van der Waals surface area contributed by atoms with Gasteiger partial charge >= 0.3 is 5.97 Å². The van der Waals surface area contributed by atoms with Gasteiger partial charge in [0.25, 0.3) is 0 Å². The van der Waals surface area contributed by atoms with Crippen molar-refractivity contribution < 1.29 is 9.90 Å². The van der Waals surface area contributed by atoms with Crippen molar-refractivity contribution in [2.75, 3.05) is 11.9 Å². The SMILES string of the molecule is C#Cc1cccc(NCCCCC(=O)O)c1. The molecule has 3 nitrogen and oxygen atoms in total. The highest BCUT2D eigenvalue weighted by Gasteiger charge is 1.96. The molecule has 84 valence electrons. The van der Waals surface area contributed by atoms with Crippen LogP contribution in [0.5, 0.6) is 0 Å². The van der Waals surface area contributed by atoms with Crippen molar-refractivity contribution >= 4 is 11.7 Å². The van der Waals surface area contributed by atoms with Gasteiger partial charge in [-0.1, -0.05) is 12.0 Å². The first-order valence-electron chi connectivity index (χ1n) is 5.24. The summed E-state index contributed by atoms with van der Waals surface area (Å²) < 4.78 is 0. The fraction of sp³-hybridized carbons (Fsp3) is 0.308. The van der Waals surface area contributed by atoms with Gasteiger partial charge in [0.2, 0.25) is 0 Å². The molecule has 0 fully saturated rings. The molecule has 0 aliphatic rings. The van der Waals surface area contributed by atoms with Crippen LogP contribution in [0.1, 0.15) is 24.8 Å². The maximum absolute atomic E-state index is 10.3. The Morgan fingerprint density at radius 2 is 2.25 bits per heavy atom. The van der Waals surface area contributed by atoms with Gasteiger partial charge in [-0.05, 0) is 31.0 Å². The lowest BCUT2D eigenvalue weighted by atomic mass is 10.2. The number of carboxylic acids is 1. The van der Waals surface area contributed by atoms with Gasteiger partial charge in [0.15, 0.2) is 0 Å². The van der Waals surface area contributed by atoms with Crippen molar-refractivity contribution in [1.29, 1.82) is 0 Å². The molecule has 0 spiro atoms. The number of terminal acetylenes is 1. The molecule has 1 rings (SSSR count). The van der Waals surface area contributed by atoms with Crippen molar-refractivity contribution in [3.8, 4) is 12.3 Å². The fourth-order valence-electron chi connectivity index (χ4n) is 1.35. The summed E-state index contributed by atoms with van der Waals surface area (Å²) in [6.45, 7) is 0.765. The molecule has 0 aliphatic carbocycles. The minimum atomic E-state index is -0.741. The highest BCUT2D eigenvalue weighted by atomic mass is 16.4. The van der Waals surface area contributed by atoms with Crippen LogP contribution in [0.3, 0.4) is 0 Å². The minimum absolute atomic E-state index is 0.228. The second-order valence-corrected chi connectivity index (χ2v) is 3.50.